The fourth-order valence-electron chi connectivity index (χ4n) is 2.17. The quantitative estimate of drug-likeness (QED) is 0.921. The van der Waals surface area contributed by atoms with Crippen LogP contribution in [0, 0.1) is 23.0 Å². The number of aliphatic hydroxyl groups excluding tert-OH is 1. The number of rotatable bonds is 5. The maximum absolute atomic E-state index is 13.3. The van der Waals surface area contributed by atoms with E-state index in [1.54, 1.807) is 11.7 Å². The van der Waals surface area contributed by atoms with Gasteiger partial charge in [0.05, 0.1) is 17.5 Å². The smallest absolute Gasteiger partial charge is 0.126 e. The van der Waals surface area contributed by atoms with Crippen LogP contribution in [-0.2, 0) is 0 Å². The van der Waals surface area contributed by atoms with Gasteiger partial charge in [0.1, 0.15) is 11.6 Å². The highest BCUT2D eigenvalue weighted by Gasteiger charge is 2.26. The average Bonchev–Trinajstić information content (AvgIpc) is 2.91. The minimum absolute atomic E-state index is 0.113. The van der Waals surface area contributed by atoms with Crippen LogP contribution >= 0.6 is 11.3 Å². The molecule has 6 heteroatoms. The summed E-state index contributed by atoms with van der Waals surface area (Å²) in [7, 11) is 0. The normalized spacial score (nSPS) is 13.7. The summed E-state index contributed by atoms with van der Waals surface area (Å²) in [5, 5.41) is 18.5. The van der Waals surface area contributed by atoms with Gasteiger partial charge in [-0.1, -0.05) is 0 Å². The molecule has 0 radical (unpaired) electrons. The summed E-state index contributed by atoms with van der Waals surface area (Å²) in [6, 6.07) is 5.16. The number of aliphatic hydroxyl groups is 1. The van der Waals surface area contributed by atoms with Crippen LogP contribution in [0.5, 0.6) is 0 Å². The molecule has 1 aromatic heterocycles. The van der Waals surface area contributed by atoms with Gasteiger partial charge < -0.3 is 5.11 Å². The van der Waals surface area contributed by atoms with Crippen molar-refractivity contribution in [3.63, 3.8) is 0 Å². The molecule has 0 aliphatic carbocycles. The minimum Gasteiger partial charge on any atom is -0.396 e. The van der Waals surface area contributed by atoms with Crippen molar-refractivity contribution in [3.05, 3.63) is 52.0 Å². The van der Waals surface area contributed by atoms with Gasteiger partial charge >= 0.3 is 0 Å². The van der Waals surface area contributed by atoms with E-state index in [0.29, 0.717) is 6.42 Å². The Hall–Kier alpha value is -1.84. The van der Waals surface area contributed by atoms with Crippen LogP contribution in [0.2, 0.25) is 0 Å². The number of nitriles is 1. The van der Waals surface area contributed by atoms with Crippen molar-refractivity contribution < 1.29 is 13.9 Å². The SMILES string of the molecule is N#C[C@@H](c1cc(F)cc(F)c1)[C@@H](CCO)c1cncs1. The molecular weight excluding hydrogens is 282 g/mol. The topological polar surface area (TPSA) is 56.9 Å². The van der Waals surface area contributed by atoms with Gasteiger partial charge in [-0.15, -0.1) is 11.3 Å². The Labute approximate surface area is 119 Å². The van der Waals surface area contributed by atoms with Crippen molar-refractivity contribution in [1.29, 1.82) is 5.26 Å². The molecule has 20 heavy (non-hydrogen) atoms. The van der Waals surface area contributed by atoms with E-state index >= 15 is 0 Å². The molecule has 2 rings (SSSR count). The summed E-state index contributed by atoms with van der Waals surface area (Å²) in [6.45, 7) is -0.113. The molecule has 0 aliphatic rings. The number of hydrogen-bond donors (Lipinski definition) is 1. The number of nitrogens with zero attached hydrogens (tertiary/aromatic N) is 2. The van der Waals surface area contributed by atoms with Gasteiger partial charge in [-0.3, -0.25) is 4.98 Å². The zero-order valence-electron chi connectivity index (χ0n) is 10.5. The number of hydrogen-bond acceptors (Lipinski definition) is 4. The summed E-state index contributed by atoms with van der Waals surface area (Å²) in [6.07, 6.45) is 1.95. The van der Waals surface area contributed by atoms with Crippen LogP contribution in [-0.4, -0.2) is 16.7 Å². The van der Waals surface area contributed by atoms with Crippen molar-refractivity contribution >= 4 is 11.3 Å². The molecule has 2 atom stereocenters. The van der Waals surface area contributed by atoms with Gasteiger partial charge in [0.15, 0.2) is 0 Å². The largest absolute Gasteiger partial charge is 0.396 e. The molecule has 3 nitrogen and oxygen atoms in total. The molecule has 0 spiro atoms. The zero-order chi connectivity index (χ0) is 14.5. The summed E-state index contributed by atoms with van der Waals surface area (Å²) in [5.41, 5.74) is 1.90. The predicted octanol–water partition coefficient (Wildman–Crippen LogP) is 3.19. The predicted molar refractivity (Wildman–Crippen MR) is 71.3 cm³/mol. The lowest BCUT2D eigenvalue weighted by Crippen LogP contribution is -2.11. The van der Waals surface area contributed by atoms with Gasteiger partial charge in [0.25, 0.3) is 0 Å². The lowest BCUT2D eigenvalue weighted by molar-refractivity contribution is 0.272. The van der Waals surface area contributed by atoms with Crippen LogP contribution in [0.25, 0.3) is 0 Å². The highest BCUT2D eigenvalue weighted by molar-refractivity contribution is 7.09. The van der Waals surface area contributed by atoms with E-state index in [9.17, 15) is 14.0 Å². The van der Waals surface area contributed by atoms with Crippen molar-refractivity contribution in [1.82, 2.24) is 4.98 Å². The van der Waals surface area contributed by atoms with Gasteiger partial charge in [-0.2, -0.15) is 5.26 Å². The molecular formula is C14H12F2N2OS. The second-order valence-electron chi connectivity index (χ2n) is 4.33. The first-order valence-electron chi connectivity index (χ1n) is 6.00. The third kappa shape index (κ3) is 3.18. The molecule has 1 aromatic carbocycles. The van der Waals surface area contributed by atoms with Crippen molar-refractivity contribution in [2.24, 2.45) is 0 Å². The summed E-state index contributed by atoms with van der Waals surface area (Å²) >= 11 is 1.36. The molecule has 104 valence electrons. The van der Waals surface area contributed by atoms with Crippen molar-refractivity contribution in [3.8, 4) is 6.07 Å². The lowest BCUT2D eigenvalue weighted by atomic mass is 9.84. The summed E-state index contributed by atoms with van der Waals surface area (Å²) < 4.78 is 26.6. The molecule has 0 aliphatic heterocycles. The Kier molecular flexibility index (Phi) is 4.77. The van der Waals surface area contributed by atoms with E-state index in [0.717, 1.165) is 23.1 Å². The van der Waals surface area contributed by atoms with E-state index in [4.69, 9.17) is 5.11 Å². The van der Waals surface area contributed by atoms with Crippen LogP contribution < -0.4 is 0 Å². The fraction of sp³-hybridized carbons (Fsp3) is 0.286. The Morgan fingerprint density at radius 3 is 2.50 bits per heavy atom. The van der Waals surface area contributed by atoms with Crippen LogP contribution in [0.4, 0.5) is 8.78 Å². The van der Waals surface area contributed by atoms with Gasteiger partial charge in [-0.25, -0.2) is 8.78 Å². The van der Waals surface area contributed by atoms with Gasteiger partial charge in [0, 0.05) is 29.7 Å². The lowest BCUT2D eigenvalue weighted by Gasteiger charge is -2.20. The van der Waals surface area contributed by atoms with Crippen molar-refractivity contribution in [2.45, 2.75) is 18.3 Å². The zero-order valence-corrected chi connectivity index (χ0v) is 11.3. The highest BCUT2D eigenvalue weighted by Crippen LogP contribution is 2.37. The first-order chi connectivity index (χ1) is 9.65. The van der Waals surface area contributed by atoms with E-state index in [2.05, 4.69) is 11.1 Å². The van der Waals surface area contributed by atoms with Crippen LogP contribution in [0.1, 0.15) is 28.7 Å². The molecule has 0 saturated heterocycles. The van der Waals surface area contributed by atoms with Crippen LogP contribution in [0.15, 0.2) is 29.9 Å². The average molecular weight is 294 g/mol. The monoisotopic (exact) mass is 294 g/mol. The molecule has 1 N–H and O–H groups in total. The molecule has 0 amide bonds. The van der Waals surface area contributed by atoms with E-state index < -0.39 is 17.6 Å². The first-order valence-corrected chi connectivity index (χ1v) is 6.88. The number of thiazole rings is 1. The van der Waals surface area contributed by atoms with E-state index in [1.165, 1.54) is 11.3 Å². The third-order valence-corrected chi connectivity index (χ3v) is 3.95. The summed E-state index contributed by atoms with van der Waals surface area (Å²) in [5.74, 6) is -2.49. The second-order valence-corrected chi connectivity index (χ2v) is 5.25. The Morgan fingerprint density at radius 2 is 2.00 bits per heavy atom. The number of aromatic nitrogens is 1. The van der Waals surface area contributed by atoms with Crippen LogP contribution in [0.3, 0.4) is 0 Å². The molecule has 0 bridgehead atoms. The van der Waals surface area contributed by atoms with E-state index in [1.807, 2.05) is 0 Å². The number of benzene rings is 1. The molecule has 0 saturated carbocycles. The maximum Gasteiger partial charge on any atom is 0.126 e. The van der Waals surface area contributed by atoms with Gasteiger partial charge in [0.2, 0.25) is 0 Å². The fourth-order valence-corrected chi connectivity index (χ4v) is 2.97. The van der Waals surface area contributed by atoms with Gasteiger partial charge in [-0.05, 0) is 24.1 Å². The van der Waals surface area contributed by atoms with Crippen molar-refractivity contribution in [2.75, 3.05) is 6.61 Å². The molecule has 0 fully saturated rings. The Balaban J connectivity index is 2.41. The third-order valence-electron chi connectivity index (χ3n) is 3.04. The number of halogens is 2. The highest BCUT2D eigenvalue weighted by atomic mass is 32.1. The summed E-state index contributed by atoms with van der Waals surface area (Å²) in [4.78, 5) is 4.77. The minimum atomic E-state index is -0.729. The standard InChI is InChI=1S/C14H12F2N2OS/c15-10-3-9(4-11(16)5-10)13(6-17)12(1-2-19)14-7-18-8-20-14/h3-5,7-8,12-13,19H,1-2H2/t12-,13+/m1/s1. The Morgan fingerprint density at radius 1 is 1.30 bits per heavy atom. The Bertz CT molecular complexity index is 590. The first kappa shape index (κ1) is 14.6. The molecule has 2 aromatic rings. The molecule has 0 unspecified atom stereocenters. The maximum atomic E-state index is 13.3. The second kappa shape index (κ2) is 6.55. The van der Waals surface area contributed by atoms with E-state index in [-0.39, 0.29) is 18.1 Å². The molecule has 1 heterocycles.